The number of hydrogen-bond donors (Lipinski definition) is 2. The lowest BCUT2D eigenvalue weighted by Crippen LogP contribution is -2.57. The fourth-order valence-electron chi connectivity index (χ4n) is 3.72. The summed E-state index contributed by atoms with van der Waals surface area (Å²) in [4.78, 5) is 38.5. The Balaban J connectivity index is 3.42. The van der Waals surface area contributed by atoms with Gasteiger partial charge in [-0.05, 0) is 47.6 Å². The molecular weight excluding hydrogens is 602 g/mol. The molecule has 45 heavy (non-hydrogen) atoms. The predicted molar refractivity (Wildman–Crippen MR) is 156 cm³/mol. The molecule has 0 aliphatic carbocycles. The van der Waals surface area contributed by atoms with E-state index in [-0.39, 0.29) is 52.6 Å². The van der Waals surface area contributed by atoms with Crippen LogP contribution in [0, 0.1) is 0 Å². The van der Waals surface area contributed by atoms with Crippen molar-refractivity contribution in [2.45, 2.75) is 83.5 Å². The number of hydrazine groups is 1. The molecule has 17 nitrogen and oxygen atoms in total. The second kappa shape index (κ2) is 20.4. The van der Waals surface area contributed by atoms with Crippen LogP contribution in [0.15, 0.2) is 11.8 Å². The molecule has 1 aliphatic heterocycles. The molecule has 0 aromatic rings. The van der Waals surface area contributed by atoms with Gasteiger partial charge in [-0.1, -0.05) is 0 Å². The van der Waals surface area contributed by atoms with Crippen molar-refractivity contribution in [2.75, 3.05) is 68.9 Å². The fourth-order valence-corrected chi connectivity index (χ4v) is 3.72. The van der Waals surface area contributed by atoms with Gasteiger partial charge < -0.3 is 57.4 Å². The Bertz CT molecular complexity index is 921. The Morgan fingerprint density at radius 3 is 2.07 bits per heavy atom. The monoisotopic (exact) mass is 653 g/mol. The van der Waals surface area contributed by atoms with E-state index >= 15 is 0 Å². The molecule has 262 valence electrons. The van der Waals surface area contributed by atoms with Crippen molar-refractivity contribution in [3.05, 3.63) is 11.8 Å². The smallest absolute Gasteiger partial charge is 0.426 e. The van der Waals surface area contributed by atoms with Crippen molar-refractivity contribution in [3.63, 3.8) is 0 Å². The van der Waals surface area contributed by atoms with Crippen molar-refractivity contribution >= 4 is 18.2 Å². The van der Waals surface area contributed by atoms with Crippen LogP contribution in [-0.4, -0.2) is 128 Å². The number of ether oxygens (including phenoxy) is 11. The molecule has 17 heteroatoms. The standard InChI is InChI=1S/C28H51N3O14/c1-27(2,3)44-25(33)29-14-31(26(34)45-28(4,5)6)30-19-11-20(43-21(12-19)24(32)42-18-38-10)23(41-17-37-9)22(40-16-36-8)13-39-15-35-7/h12,19-20,22-23,30H,11,13-18H2,1-10H3,(H,29,33)/t19-,20-,22-,23+/m1/s1. The predicted octanol–water partition coefficient (Wildman–Crippen LogP) is 2.00. The fraction of sp³-hybridized carbons (Fsp3) is 0.821. The molecule has 1 heterocycles. The molecule has 2 amide bonds. The normalized spacial score (nSPS) is 18.2. The quantitative estimate of drug-likeness (QED) is 0.0679. The minimum absolute atomic E-state index is 0.000543. The molecule has 0 radical (unpaired) electrons. The molecule has 0 spiro atoms. The van der Waals surface area contributed by atoms with E-state index in [4.69, 9.17) is 52.1 Å². The summed E-state index contributed by atoms with van der Waals surface area (Å²) < 4.78 is 59.4. The van der Waals surface area contributed by atoms with Crippen molar-refractivity contribution < 1.29 is 66.5 Å². The van der Waals surface area contributed by atoms with Gasteiger partial charge in [0.15, 0.2) is 6.79 Å². The molecule has 1 aliphatic rings. The van der Waals surface area contributed by atoms with Crippen LogP contribution >= 0.6 is 0 Å². The number of carbonyl (C=O) groups is 3. The zero-order valence-corrected chi connectivity index (χ0v) is 28.0. The third kappa shape index (κ3) is 16.9. The van der Waals surface area contributed by atoms with Crippen LogP contribution in [0.3, 0.4) is 0 Å². The first kappa shape index (κ1) is 40.3. The minimum Gasteiger partial charge on any atom is -0.480 e. The Hall–Kier alpha value is -2.77. The molecule has 0 unspecified atom stereocenters. The summed E-state index contributed by atoms with van der Waals surface area (Å²) in [5.41, 5.74) is 1.37. The first-order valence-corrected chi connectivity index (χ1v) is 14.2. The van der Waals surface area contributed by atoms with E-state index in [1.807, 2.05) is 0 Å². The van der Waals surface area contributed by atoms with Crippen LogP contribution < -0.4 is 10.7 Å². The number of hydrogen-bond acceptors (Lipinski definition) is 15. The van der Waals surface area contributed by atoms with Gasteiger partial charge in [0.25, 0.3) is 0 Å². The largest absolute Gasteiger partial charge is 0.480 e. The molecular formula is C28H51N3O14. The van der Waals surface area contributed by atoms with Gasteiger partial charge in [0, 0.05) is 34.9 Å². The van der Waals surface area contributed by atoms with E-state index in [1.54, 1.807) is 41.5 Å². The Morgan fingerprint density at radius 1 is 0.889 bits per heavy atom. The second-order valence-electron chi connectivity index (χ2n) is 11.7. The highest BCUT2D eigenvalue weighted by molar-refractivity contribution is 5.86. The van der Waals surface area contributed by atoms with Gasteiger partial charge in [0.1, 0.15) is 56.6 Å². The molecule has 1 rings (SSSR count). The number of alkyl carbamates (subject to hydrolysis) is 1. The lowest BCUT2D eigenvalue weighted by atomic mass is 9.97. The molecule has 0 saturated carbocycles. The highest BCUT2D eigenvalue weighted by Gasteiger charge is 2.40. The maximum atomic E-state index is 13.2. The van der Waals surface area contributed by atoms with E-state index in [9.17, 15) is 14.4 Å². The van der Waals surface area contributed by atoms with Crippen LogP contribution in [-0.2, 0) is 56.9 Å². The highest BCUT2D eigenvalue weighted by atomic mass is 16.7. The lowest BCUT2D eigenvalue weighted by Gasteiger charge is -2.38. The summed E-state index contributed by atoms with van der Waals surface area (Å²) in [5.74, 6) is -1.03. The summed E-state index contributed by atoms with van der Waals surface area (Å²) in [7, 11) is 5.73. The minimum atomic E-state index is -0.893. The Labute approximate surface area is 264 Å². The number of methoxy groups -OCH3 is 4. The highest BCUT2D eigenvalue weighted by Crippen LogP contribution is 2.26. The van der Waals surface area contributed by atoms with Gasteiger partial charge in [-0.15, -0.1) is 0 Å². The first-order valence-electron chi connectivity index (χ1n) is 14.2. The van der Waals surface area contributed by atoms with E-state index in [1.165, 1.54) is 34.5 Å². The van der Waals surface area contributed by atoms with Gasteiger partial charge in [0.05, 0.1) is 12.6 Å². The molecule has 4 atom stereocenters. The number of nitrogens with zero attached hydrogens (tertiary/aromatic N) is 1. The maximum Gasteiger partial charge on any atom is 0.426 e. The summed E-state index contributed by atoms with van der Waals surface area (Å²) in [5, 5.41) is 3.57. The second-order valence-corrected chi connectivity index (χ2v) is 11.7. The SMILES string of the molecule is COCOC[C@@H](OCOC)[C@@H](OCOC)[C@H]1C[C@@H](NN(CNC(=O)OC(C)(C)C)C(=O)OC(C)(C)C)C=C(C(=O)OCOC)O1. The number of carbonyl (C=O) groups excluding carboxylic acids is 3. The number of esters is 1. The Morgan fingerprint density at radius 2 is 1.49 bits per heavy atom. The Kier molecular flexibility index (Phi) is 18.2. The van der Waals surface area contributed by atoms with Gasteiger partial charge in [0.2, 0.25) is 5.76 Å². The number of rotatable bonds is 19. The van der Waals surface area contributed by atoms with E-state index < -0.39 is 53.7 Å². The average molecular weight is 654 g/mol. The van der Waals surface area contributed by atoms with Crippen LogP contribution in [0.1, 0.15) is 48.0 Å². The molecule has 0 saturated heterocycles. The van der Waals surface area contributed by atoms with Crippen LogP contribution in [0.4, 0.5) is 9.59 Å². The third-order valence-electron chi connectivity index (χ3n) is 5.34. The molecule has 2 N–H and O–H groups in total. The van der Waals surface area contributed by atoms with Gasteiger partial charge in [-0.3, -0.25) is 0 Å². The van der Waals surface area contributed by atoms with E-state index in [0.717, 1.165) is 5.01 Å². The molecule has 0 bridgehead atoms. The average Bonchev–Trinajstić information content (AvgIpc) is 2.94. The lowest BCUT2D eigenvalue weighted by molar-refractivity contribution is -0.210. The van der Waals surface area contributed by atoms with Crippen molar-refractivity contribution in [3.8, 4) is 0 Å². The summed E-state index contributed by atoms with van der Waals surface area (Å²) in [6, 6.07) is -0.765. The van der Waals surface area contributed by atoms with Crippen molar-refractivity contribution in [2.24, 2.45) is 0 Å². The molecule has 0 fully saturated rings. The summed E-state index contributed by atoms with van der Waals surface area (Å²) in [6.45, 7) is 9.24. The zero-order chi connectivity index (χ0) is 34.0. The van der Waals surface area contributed by atoms with Crippen LogP contribution in [0.5, 0.6) is 0 Å². The third-order valence-corrected chi connectivity index (χ3v) is 5.34. The van der Waals surface area contributed by atoms with E-state index in [2.05, 4.69) is 10.7 Å². The topological polar surface area (TPSA) is 180 Å². The summed E-state index contributed by atoms with van der Waals surface area (Å²) in [6.07, 6.45) is -2.58. The maximum absolute atomic E-state index is 13.2. The number of nitrogens with one attached hydrogen (secondary N) is 2. The van der Waals surface area contributed by atoms with Gasteiger partial charge >= 0.3 is 18.2 Å². The van der Waals surface area contributed by atoms with Crippen LogP contribution in [0.25, 0.3) is 0 Å². The molecule has 0 aromatic carbocycles. The van der Waals surface area contributed by atoms with Crippen LogP contribution in [0.2, 0.25) is 0 Å². The van der Waals surface area contributed by atoms with Crippen molar-refractivity contribution in [1.82, 2.24) is 15.8 Å². The van der Waals surface area contributed by atoms with E-state index in [0.29, 0.717) is 0 Å². The van der Waals surface area contributed by atoms with Crippen molar-refractivity contribution in [1.29, 1.82) is 0 Å². The molecule has 0 aromatic heterocycles. The van der Waals surface area contributed by atoms with Gasteiger partial charge in [-0.2, -0.15) is 0 Å². The zero-order valence-electron chi connectivity index (χ0n) is 28.0. The van der Waals surface area contributed by atoms with Gasteiger partial charge in [-0.25, -0.2) is 24.8 Å². The summed E-state index contributed by atoms with van der Waals surface area (Å²) >= 11 is 0. The first-order chi connectivity index (χ1) is 21.1. The number of amides is 2.